The molecule has 2 heteroatoms. The van der Waals surface area contributed by atoms with Crippen LogP contribution in [0.15, 0.2) is 108 Å². The fourth-order valence-corrected chi connectivity index (χ4v) is 5.65. The van der Waals surface area contributed by atoms with Crippen molar-refractivity contribution in [2.75, 3.05) is 0 Å². The molecule has 0 amide bonds. The van der Waals surface area contributed by atoms with Crippen LogP contribution in [0.4, 0.5) is 0 Å². The van der Waals surface area contributed by atoms with Crippen molar-refractivity contribution in [3.8, 4) is 33.4 Å². The van der Waals surface area contributed by atoms with Crippen molar-refractivity contribution < 1.29 is 4.42 Å². The van der Waals surface area contributed by atoms with E-state index < -0.39 is 0 Å². The van der Waals surface area contributed by atoms with Gasteiger partial charge in [0.2, 0.25) is 0 Å². The Morgan fingerprint density at radius 3 is 2.21 bits per heavy atom. The SMILES string of the molecule is CC1(C)c2ccc(-c3ccc(-c4cccnc4)cc3)cc2-c2ccc3c(oc4ccccc43)c21. The van der Waals surface area contributed by atoms with Gasteiger partial charge < -0.3 is 4.42 Å². The Morgan fingerprint density at radius 2 is 1.41 bits per heavy atom. The number of para-hydroxylation sites is 1. The molecule has 0 saturated heterocycles. The molecule has 0 saturated carbocycles. The first-order chi connectivity index (χ1) is 16.6. The van der Waals surface area contributed by atoms with Crippen molar-refractivity contribution >= 4 is 21.9 Å². The van der Waals surface area contributed by atoms with E-state index in [2.05, 4.69) is 97.7 Å². The summed E-state index contributed by atoms with van der Waals surface area (Å²) in [5.74, 6) is 0. The molecule has 1 aliphatic rings. The topological polar surface area (TPSA) is 26.0 Å². The van der Waals surface area contributed by atoms with Gasteiger partial charge in [-0.1, -0.05) is 80.6 Å². The van der Waals surface area contributed by atoms with E-state index in [4.69, 9.17) is 4.42 Å². The van der Waals surface area contributed by atoms with Gasteiger partial charge in [0.05, 0.1) is 0 Å². The largest absolute Gasteiger partial charge is 0.456 e. The summed E-state index contributed by atoms with van der Waals surface area (Å²) in [6, 6.07) is 32.5. The van der Waals surface area contributed by atoms with Crippen LogP contribution in [-0.2, 0) is 5.41 Å². The zero-order valence-corrected chi connectivity index (χ0v) is 19.2. The highest BCUT2D eigenvalue weighted by molar-refractivity contribution is 6.09. The Kier molecular flexibility index (Phi) is 3.93. The lowest BCUT2D eigenvalue weighted by atomic mass is 9.81. The predicted molar refractivity (Wildman–Crippen MR) is 140 cm³/mol. The molecular formula is C32H23NO. The highest BCUT2D eigenvalue weighted by Gasteiger charge is 2.38. The molecule has 2 heterocycles. The fourth-order valence-electron chi connectivity index (χ4n) is 5.65. The van der Waals surface area contributed by atoms with E-state index in [9.17, 15) is 0 Å². The number of benzene rings is 4. The monoisotopic (exact) mass is 437 g/mol. The molecule has 0 aliphatic heterocycles. The predicted octanol–water partition coefficient (Wildman–Crippen LogP) is 8.62. The van der Waals surface area contributed by atoms with Gasteiger partial charge in [0.1, 0.15) is 11.2 Å². The van der Waals surface area contributed by atoms with Crippen LogP contribution in [0.3, 0.4) is 0 Å². The lowest BCUT2D eigenvalue weighted by molar-refractivity contribution is 0.620. The highest BCUT2D eigenvalue weighted by atomic mass is 16.3. The molecule has 7 rings (SSSR count). The Morgan fingerprint density at radius 1 is 0.647 bits per heavy atom. The zero-order chi connectivity index (χ0) is 22.9. The number of rotatable bonds is 2. The molecule has 0 atom stereocenters. The number of pyridine rings is 1. The first-order valence-electron chi connectivity index (χ1n) is 11.7. The van der Waals surface area contributed by atoms with E-state index in [0.29, 0.717) is 0 Å². The molecule has 6 aromatic rings. The third-order valence-corrected chi connectivity index (χ3v) is 7.37. The molecular weight excluding hydrogens is 414 g/mol. The van der Waals surface area contributed by atoms with Gasteiger partial charge in [0, 0.05) is 34.1 Å². The summed E-state index contributed by atoms with van der Waals surface area (Å²) in [7, 11) is 0. The zero-order valence-electron chi connectivity index (χ0n) is 19.2. The van der Waals surface area contributed by atoms with Gasteiger partial charge >= 0.3 is 0 Å². The van der Waals surface area contributed by atoms with Gasteiger partial charge in [-0.25, -0.2) is 0 Å². The van der Waals surface area contributed by atoms with Gasteiger partial charge in [-0.15, -0.1) is 0 Å². The molecule has 0 bridgehead atoms. The van der Waals surface area contributed by atoms with Crippen LogP contribution in [-0.4, -0.2) is 4.98 Å². The average Bonchev–Trinajstić information content (AvgIpc) is 3.37. The van der Waals surface area contributed by atoms with Gasteiger partial charge in [-0.2, -0.15) is 0 Å². The van der Waals surface area contributed by atoms with Gasteiger partial charge in [-0.05, 0) is 63.2 Å². The number of hydrogen-bond donors (Lipinski definition) is 0. The number of hydrogen-bond acceptors (Lipinski definition) is 2. The van der Waals surface area contributed by atoms with Gasteiger partial charge in [-0.3, -0.25) is 4.98 Å². The Hall–Kier alpha value is -4.17. The smallest absolute Gasteiger partial charge is 0.140 e. The second-order valence-corrected chi connectivity index (χ2v) is 9.67. The maximum absolute atomic E-state index is 6.43. The number of fused-ring (bicyclic) bond motifs is 7. The van der Waals surface area contributed by atoms with Crippen molar-refractivity contribution in [2.45, 2.75) is 19.3 Å². The Bertz CT molecular complexity index is 1710. The molecule has 0 radical (unpaired) electrons. The molecule has 162 valence electrons. The maximum Gasteiger partial charge on any atom is 0.140 e. The van der Waals surface area contributed by atoms with Crippen LogP contribution in [0.1, 0.15) is 25.0 Å². The van der Waals surface area contributed by atoms with E-state index in [-0.39, 0.29) is 5.41 Å². The van der Waals surface area contributed by atoms with E-state index in [1.165, 1.54) is 49.7 Å². The van der Waals surface area contributed by atoms with E-state index in [1.807, 2.05) is 18.3 Å². The van der Waals surface area contributed by atoms with Crippen LogP contribution in [0, 0.1) is 0 Å². The van der Waals surface area contributed by atoms with Crippen molar-refractivity contribution in [3.63, 3.8) is 0 Å². The first-order valence-corrected chi connectivity index (χ1v) is 11.7. The minimum absolute atomic E-state index is 0.124. The Balaban J connectivity index is 1.37. The quantitative estimate of drug-likeness (QED) is 0.271. The van der Waals surface area contributed by atoms with Crippen molar-refractivity contribution in [2.24, 2.45) is 0 Å². The summed E-state index contributed by atoms with van der Waals surface area (Å²) in [4.78, 5) is 4.24. The molecule has 4 aromatic carbocycles. The average molecular weight is 438 g/mol. The summed E-state index contributed by atoms with van der Waals surface area (Å²) in [5, 5.41) is 2.38. The molecule has 1 aliphatic carbocycles. The number of furan rings is 1. The normalized spacial score (nSPS) is 13.8. The van der Waals surface area contributed by atoms with E-state index in [0.717, 1.165) is 16.7 Å². The summed E-state index contributed by atoms with van der Waals surface area (Å²) in [6.07, 6.45) is 3.71. The van der Waals surface area contributed by atoms with Crippen molar-refractivity contribution in [3.05, 3.63) is 115 Å². The maximum atomic E-state index is 6.43. The number of nitrogens with zero attached hydrogens (tertiary/aromatic N) is 1. The summed E-state index contributed by atoms with van der Waals surface area (Å²) >= 11 is 0. The summed E-state index contributed by atoms with van der Waals surface area (Å²) in [6.45, 7) is 4.62. The van der Waals surface area contributed by atoms with Crippen LogP contribution >= 0.6 is 0 Å². The number of aromatic nitrogens is 1. The molecule has 0 spiro atoms. The van der Waals surface area contributed by atoms with Gasteiger partial charge in [0.15, 0.2) is 0 Å². The molecule has 0 N–H and O–H groups in total. The Labute approximate surface area is 198 Å². The first kappa shape index (κ1) is 19.3. The van der Waals surface area contributed by atoms with E-state index in [1.54, 1.807) is 6.20 Å². The van der Waals surface area contributed by atoms with Crippen LogP contribution in [0.25, 0.3) is 55.3 Å². The van der Waals surface area contributed by atoms with E-state index >= 15 is 0 Å². The lowest BCUT2D eigenvalue weighted by Crippen LogP contribution is -2.15. The summed E-state index contributed by atoms with van der Waals surface area (Å²) in [5.41, 5.74) is 11.8. The third kappa shape index (κ3) is 2.66. The second-order valence-electron chi connectivity index (χ2n) is 9.67. The summed E-state index contributed by atoms with van der Waals surface area (Å²) < 4.78 is 6.43. The van der Waals surface area contributed by atoms with Crippen LogP contribution < -0.4 is 0 Å². The minimum Gasteiger partial charge on any atom is -0.456 e. The van der Waals surface area contributed by atoms with Crippen LogP contribution in [0.2, 0.25) is 0 Å². The molecule has 2 aromatic heterocycles. The molecule has 2 nitrogen and oxygen atoms in total. The lowest BCUT2D eigenvalue weighted by Gasteiger charge is -2.21. The highest BCUT2D eigenvalue weighted by Crippen LogP contribution is 2.53. The molecule has 0 fully saturated rings. The van der Waals surface area contributed by atoms with Crippen molar-refractivity contribution in [1.82, 2.24) is 4.98 Å². The van der Waals surface area contributed by atoms with Crippen LogP contribution in [0.5, 0.6) is 0 Å². The fraction of sp³-hybridized carbons (Fsp3) is 0.0938. The minimum atomic E-state index is -0.124. The van der Waals surface area contributed by atoms with Gasteiger partial charge in [0.25, 0.3) is 0 Å². The standard InChI is InChI=1S/C32H23NO/c1-32(2)28-16-13-22(20-9-11-21(12-10-20)23-6-5-17-33-19-23)18-27(28)25-14-15-26-24-7-3-4-8-29(24)34-31(26)30(25)32/h3-19H,1-2H3. The molecule has 34 heavy (non-hydrogen) atoms. The third-order valence-electron chi connectivity index (χ3n) is 7.37. The van der Waals surface area contributed by atoms with Crippen molar-refractivity contribution in [1.29, 1.82) is 0 Å². The molecule has 0 unspecified atom stereocenters. The second kappa shape index (κ2) is 6.91.